The van der Waals surface area contributed by atoms with Gasteiger partial charge in [0.1, 0.15) is 6.04 Å². The molecule has 0 saturated carbocycles. The lowest BCUT2D eigenvalue weighted by molar-refractivity contribution is -0.139. The number of amides is 2. The second-order valence-corrected chi connectivity index (χ2v) is 8.99. The third-order valence-electron chi connectivity index (χ3n) is 5.26. The number of carbonyl (C=O) groups excluding carboxylic acids is 2. The van der Waals surface area contributed by atoms with Crippen molar-refractivity contribution >= 4 is 35.2 Å². The minimum Gasteiger partial charge on any atom is -0.354 e. The van der Waals surface area contributed by atoms with E-state index in [1.807, 2.05) is 43.3 Å². The van der Waals surface area contributed by atoms with Crippen molar-refractivity contribution in [3.63, 3.8) is 0 Å². The third-order valence-corrected chi connectivity index (χ3v) is 6.59. The Bertz CT molecular complexity index is 859. The first-order valence-electron chi connectivity index (χ1n) is 10.9. The smallest absolute Gasteiger partial charge is 0.242 e. The van der Waals surface area contributed by atoms with Gasteiger partial charge in [-0.1, -0.05) is 74.3 Å². The zero-order valence-corrected chi connectivity index (χ0v) is 20.3. The predicted molar refractivity (Wildman–Crippen MR) is 131 cm³/mol. The highest BCUT2D eigenvalue weighted by atomic mass is 35.5. The molecule has 0 saturated heterocycles. The van der Waals surface area contributed by atoms with Gasteiger partial charge in [0.15, 0.2) is 0 Å². The van der Waals surface area contributed by atoms with E-state index in [-0.39, 0.29) is 11.8 Å². The van der Waals surface area contributed by atoms with Crippen LogP contribution in [-0.2, 0) is 21.9 Å². The molecule has 0 aliphatic heterocycles. The fraction of sp³-hybridized carbons (Fsp3) is 0.440. The summed E-state index contributed by atoms with van der Waals surface area (Å²) in [5.41, 5.74) is 3.29. The summed E-state index contributed by atoms with van der Waals surface area (Å²) in [6.07, 6.45) is 2.48. The van der Waals surface area contributed by atoms with E-state index >= 15 is 0 Å². The molecule has 0 heterocycles. The molecule has 0 radical (unpaired) electrons. The Morgan fingerprint density at radius 3 is 2.39 bits per heavy atom. The Labute approximate surface area is 195 Å². The quantitative estimate of drug-likeness (QED) is 0.419. The van der Waals surface area contributed by atoms with Gasteiger partial charge >= 0.3 is 0 Å². The molecule has 0 aliphatic rings. The molecule has 0 fully saturated rings. The summed E-state index contributed by atoms with van der Waals surface area (Å²) in [4.78, 5) is 27.8. The van der Waals surface area contributed by atoms with Crippen molar-refractivity contribution in [1.82, 2.24) is 10.2 Å². The van der Waals surface area contributed by atoms with E-state index in [4.69, 9.17) is 11.6 Å². The van der Waals surface area contributed by atoms with E-state index in [1.165, 1.54) is 11.1 Å². The molecule has 1 atom stereocenters. The standard InChI is InChI=1S/C25H33ClN2O2S/c1-4-6-15-27-25(30)23(5-2)28(16-20-12-9-10-14-22(20)26)24(29)18-31-17-21-13-8-7-11-19(21)3/h7-14,23H,4-6,15-18H2,1-3H3,(H,27,30)/t23-/m1/s1. The summed E-state index contributed by atoms with van der Waals surface area (Å²) >= 11 is 7.94. The van der Waals surface area contributed by atoms with Crippen molar-refractivity contribution in [3.8, 4) is 0 Å². The monoisotopic (exact) mass is 460 g/mol. The van der Waals surface area contributed by atoms with E-state index < -0.39 is 6.04 Å². The molecule has 2 aromatic rings. The van der Waals surface area contributed by atoms with Gasteiger partial charge in [-0.2, -0.15) is 0 Å². The molecule has 2 amide bonds. The van der Waals surface area contributed by atoms with Crippen molar-refractivity contribution in [1.29, 1.82) is 0 Å². The normalized spacial score (nSPS) is 11.7. The van der Waals surface area contributed by atoms with Crippen LogP contribution >= 0.6 is 23.4 Å². The SMILES string of the molecule is CCCCNC(=O)[C@@H](CC)N(Cc1ccccc1Cl)C(=O)CSCc1ccccc1C. The number of hydrogen-bond acceptors (Lipinski definition) is 3. The zero-order chi connectivity index (χ0) is 22.6. The van der Waals surface area contributed by atoms with Crippen LogP contribution in [0.5, 0.6) is 0 Å². The van der Waals surface area contributed by atoms with Gasteiger partial charge in [-0.3, -0.25) is 9.59 Å². The van der Waals surface area contributed by atoms with E-state index in [2.05, 4.69) is 31.3 Å². The molecule has 4 nitrogen and oxygen atoms in total. The Hall–Kier alpha value is -1.98. The number of hydrogen-bond donors (Lipinski definition) is 1. The zero-order valence-electron chi connectivity index (χ0n) is 18.7. The van der Waals surface area contributed by atoms with Crippen LogP contribution in [0.4, 0.5) is 0 Å². The number of benzene rings is 2. The molecule has 168 valence electrons. The Kier molecular flexibility index (Phi) is 11.0. The molecule has 0 unspecified atom stereocenters. The van der Waals surface area contributed by atoms with Gasteiger partial charge in [0.2, 0.25) is 11.8 Å². The predicted octanol–water partition coefficient (Wildman–Crippen LogP) is 5.61. The number of aryl methyl sites for hydroxylation is 1. The van der Waals surface area contributed by atoms with Gasteiger partial charge < -0.3 is 10.2 Å². The maximum absolute atomic E-state index is 13.3. The highest BCUT2D eigenvalue weighted by Crippen LogP contribution is 2.22. The third kappa shape index (κ3) is 7.89. The van der Waals surface area contributed by atoms with Crippen LogP contribution in [0.1, 0.15) is 49.8 Å². The van der Waals surface area contributed by atoms with Crippen molar-refractivity contribution < 1.29 is 9.59 Å². The Balaban J connectivity index is 2.13. The van der Waals surface area contributed by atoms with E-state index in [0.717, 1.165) is 24.2 Å². The largest absolute Gasteiger partial charge is 0.354 e. The van der Waals surface area contributed by atoms with Gasteiger partial charge in [0, 0.05) is 23.9 Å². The Morgan fingerprint density at radius 1 is 1.06 bits per heavy atom. The number of thioether (sulfide) groups is 1. The minimum absolute atomic E-state index is 0.0454. The summed E-state index contributed by atoms with van der Waals surface area (Å²) in [5, 5.41) is 3.59. The molecule has 6 heteroatoms. The fourth-order valence-corrected chi connectivity index (χ4v) is 4.52. The Morgan fingerprint density at radius 2 is 1.74 bits per heavy atom. The number of halogens is 1. The summed E-state index contributed by atoms with van der Waals surface area (Å²) in [5.74, 6) is 0.936. The lowest BCUT2D eigenvalue weighted by Crippen LogP contribution is -2.49. The number of nitrogens with one attached hydrogen (secondary N) is 1. The number of carbonyl (C=O) groups is 2. The average Bonchev–Trinajstić information content (AvgIpc) is 2.76. The molecule has 0 spiro atoms. The van der Waals surface area contributed by atoms with E-state index in [9.17, 15) is 9.59 Å². The van der Waals surface area contributed by atoms with Crippen molar-refractivity contribution in [2.24, 2.45) is 0 Å². The van der Waals surface area contributed by atoms with Gasteiger partial charge in [-0.15, -0.1) is 11.8 Å². The van der Waals surface area contributed by atoms with E-state index in [0.29, 0.717) is 30.3 Å². The molecular weight excluding hydrogens is 428 g/mol. The van der Waals surface area contributed by atoms with E-state index in [1.54, 1.807) is 16.7 Å². The molecule has 31 heavy (non-hydrogen) atoms. The summed E-state index contributed by atoms with van der Waals surface area (Å²) in [6, 6.07) is 15.2. The summed E-state index contributed by atoms with van der Waals surface area (Å²) < 4.78 is 0. The van der Waals surface area contributed by atoms with Crippen LogP contribution in [0.2, 0.25) is 5.02 Å². The van der Waals surface area contributed by atoms with Crippen molar-refractivity contribution in [3.05, 3.63) is 70.2 Å². The lowest BCUT2D eigenvalue weighted by Gasteiger charge is -2.31. The second-order valence-electron chi connectivity index (χ2n) is 7.60. The van der Waals surface area contributed by atoms with Crippen molar-refractivity contribution in [2.75, 3.05) is 12.3 Å². The van der Waals surface area contributed by atoms with Gasteiger partial charge in [-0.25, -0.2) is 0 Å². The topological polar surface area (TPSA) is 49.4 Å². The molecule has 0 aromatic heterocycles. The first-order valence-corrected chi connectivity index (χ1v) is 12.4. The van der Waals surface area contributed by atoms with Gasteiger partial charge in [0.05, 0.1) is 5.75 Å². The van der Waals surface area contributed by atoms with Crippen LogP contribution in [0.25, 0.3) is 0 Å². The fourth-order valence-electron chi connectivity index (χ4n) is 3.34. The summed E-state index contributed by atoms with van der Waals surface area (Å²) in [7, 11) is 0. The lowest BCUT2D eigenvalue weighted by atomic mass is 10.1. The minimum atomic E-state index is -0.514. The van der Waals surface area contributed by atoms with Gasteiger partial charge in [0.25, 0.3) is 0 Å². The van der Waals surface area contributed by atoms with Crippen molar-refractivity contribution in [2.45, 2.75) is 58.4 Å². The number of unbranched alkanes of at least 4 members (excludes halogenated alkanes) is 1. The highest BCUT2D eigenvalue weighted by Gasteiger charge is 2.28. The second kappa shape index (κ2) is 13.4. The van der Waals surface area contributed by atoms with Crippen LogP contribution in [0.15, 0.2) is 48.5 Å². The molecular formula is C25H33ClN2O2S. The highest BCUT2D eigenvalue weighted by molar-refractivity contribution is 7.99. The molecule has 0 aliphatic carbocycles. The maximum atomic E-state index is 13.3. The van der Waals surface area contributed by atoms with Gasteiger partial charge in [-0.05, 0) is 42.5 Å². The summed E-state index contributed by atoms with van der Waals surface area (Å²) in [6.45, 7) is 7.06. The molecule has 2 rings (SSSR count). The average molecular weight is 461 g/mol. The molecule has 0 bridgehead atoms. The molecule has 1 N–H and O–H groups in total. The van der Waals surface area contributed by atoms with Crippen LogP contribution < -0.4 is 5.32 Å². The number of nitrogens with zero attached hydrogens (tertiary/aromatic N) is 1. The van der Waals surface area contributed by atoms with Crippen LogP contribution in [0.3, 0.4) is 0 Å². The number of rotatable bonds is 12. The van der Waals surface area contributed by atoms with Crippen LogP contribution in [0, 0.1) is 6.92 Å². The maximum Gasteiger partial charge on any atom is 0.242 e. The first-order chi connectivity index (χ1) is 15.0. The van der Waals surface area contributed by atoms with Crippen LogP contribution in [-0.4, -0.2) is 35.1 Å². The first kappa shape index (κ1) is 25.3. The molecule has 2 aromatic carbocycles.